The maximum Gasteiger partial charge on any atom is 0.141 e. The number of nitrogens with zero attached hydrogens (tertiary/aromatic N) is 3. The Balaban J connectivity index is 1.95. The van der Waals surface area contributed by atoms with Gasteiger partial charge in [0, 0.05) is 5.75 Å². The Morgan fingerprint density at radius 3 is 2.93 bits per heavy atom. The van der Waals surface area contributed by atoms with Crippen molar-refractivity contribution in [3.05, 3.63) is 36.0 Å². The highest BCUT2D eigenvalue weighted by molar-refractivity contribution is 7.98. The van der Waals surface area contributed by atoms with Crippen molar-refractivity contribution >= 4 is 11.8 Å². The SMILES string of the molecule is Fc1ccc(CSc2cn[nH]n2)nc1. The largest absolute Gasteiger partial charge is 0.257 e. The number of aromatic nitrogens is 4. The molecule has 0 aliphatic rings. The molecule has 14 heavy (non-hydrogen) atoms. The topological polar surface area (TPSA) is 54.5 Å². The lowest BCUT2D eigenvalue weighted by atomic mass is 10.4. The molecule has 0 aliphatic carbocycles. The number of pyridine rings is 1. The third-order valence-corrected chi connectivity index (χ3v) is 2.48. The van der Waals surface area contributed by atoms with Crippen molar-refractivity contribution in [1.29, 1.82) is 0 Å². The molecule has 0 bridgehead atoms. The van der Waals surface area contributed by atoms with E-state index in [0.717, 1.165) is 10.7 Å². The van der Waals surface area contributed by atoms with E-state index in [0.29, 0.717) is 5.75 Å². The predicted molar refractivity (Wildman–Crippen MR) is 50.1 cm³/mol. The second kappa shape index (κ2) is 4.19. The van der Waals surface area contributed by atoms with Crippen LogP contribution < -0.4 is 0 Å². The summed E-state index contributed by atoms with van der Waals surface area (Å²) < 4.78 is 12.5. The zero-order valence-corrected chi connectivity index (χ0v) is 7.96. The number of rotatable bonds is 3. The molecule has 0 spiro atoms. The summed E-state index contributed by atoms with van der Waals surface area (Å²) in [6.07, 6.45) is 2.84. The van der Waals surface area contributed by atoms with Crippen LogP contribution in [0.25, 0.3) is 0 Å². The zero-order valence-electron chi connectivity index (χ0n) is 7.14. The van der Waals surface area contributed by atoms with Gasteiger partial charge < -0.3 is 0 Å². The highest BCUT2D eigenvalue weighted by atomic mass is 32.2. The molecule has 0 saturated heterocycles. The van der Waals surface area contributed by atoms with Crippen LogP contribution in [0.15, 0.2) is 29.6 Å². The molecular formula is C8H7FN4S. The summed E-state index contributed by atoms with van der Waals surface area (Å²) >= 11 is 1.50. The van der Waals surface area contributed by atoms with Crippen molar-refractivity contribution in [3.63, 3.8) is 0 Å². The van der Waals surface area contributed by atoms with Crippen LogP contribution in [-0.2, 0) is 5.75 Å². The first kappa shape index (κ1) is 9.14. The van der Waals surface area contributed by atoms with Crippen molar-refractivity contribution in [3.8, 4) is 0 Å². The quantitative estimate of drug-likeness (QED) is 0.782. The molecule has 72 valence electrons. The Kier molecular flexibility index (Phi) is 2.73. The van der Waals surface area contributed by atoms with Crippen LogP contribution in [0.5, 0.6) is 0 Å². The molecule has 0 saturated carbocycles. The van der Waals surface area contributed by atoms with E-state index in [2.05, 4.69) is 20.4 Å². The van der Waals surface area contributed by atoms with Gasteiger partial charge in [0.2, 0.25) is 0 Å². The second-order valence-corrected chi connectivity index (χ2v) is 3.56. The Labute approximate surface area is 83.9 Å². The summed E-state index contributed by atoms with van der Waals surface area (Å²) in [4.78, 5) is 3.92. The van der Waals surface area contributed by atoms with Crippen molar-refractivity contribution in [2.75, 3.05) is 0 Å². The van der Waals surface area contributed by atoms with Crippen LogP contribution in [-0.4, -0.2) is 20.4 Å². The minimum atomic E-state index is -0.319. The van der Waals surface area contributed by atoms with E-state index in [4.69, 9.17) is 0 Å². The Bertz CT molecular complexity index is 386. The summed E-state index contributed by atoms with van der Waals surface area (Å²) in [5, 5.41) is 10.9. The van der Waals surface area contributed by atoms with Crippen molar-refractivity contribution in [2.45, 2.75) is 10.8 Å². The summed E-state index contributed by atoms with van der Waals surface area (Å²) in [7, 11) is 0. The number of aromatic amines is 1. The number of nitrogens with one attached hydrogen (secondary N) is 1. The lowest BCUT2D eigenvalue weighted by molar-refractivity contribution is 0.620. The van der Waals surface area contributed by atoms with Crippen LogP contribution >= 0.6 is 11.8 Å². The van der Waals surface area contributed by atoms with Gasteiger partial charge in [-0.25, -0.2) is 4.39 Å². The molecule has 4 nitrogen and oxygen atoms in total. The van der Waals surface area contributed by atoms with Crippen LogP contribution in [0.2, 0.25) is 0 Å². The van der Waals surface area contributed by atoms with Gasteiger partial charge in [0.05, 0.1) is 18.1 Å². The molecule has 0 fully saturated rings. The van der Waals surface area contributed by atoms with Gasteiger partial charge >= 0.3 is 0 Å². The van der Waals surface area contributed by atoms with E-state index in [-0.39, 0.29) is 5.82 Å². The van der Waals surface area contributed by atoms with Crippen LogP contribution in [0, 0.1) is 5.82 Å². The van der Waals surface area contributed by atoms with Gasteiger partial charge in [-0.3, -0.25) is 4.98 Å². The molecule has 2 aromatic rings. The van der Waals surface area contributed by atoms with Gasteiger partial charge in [0.25, 0.3) is 0 Å². The van der Waals surface area contributed by atoms with E-state index >= 15 is 0 Å². The normalized spacial score (nSPS) is 10.4. The van der Waals surface area contributed by atoms with E-state index < -0.39 is 0 Å². The lowest BCUT2D eigenvalue weighted by Crippen LogP contribution is -1.87. The summed E-state index contributed by atoms with van der Waals surface area (Å²) in [5.74, 6) is 0.340. The van der Waals surface area contributed by atoms with Gasteiger partial charge in [-0.1, -0.05) is 11.8 Å². The molecule has 1 N–H and O–H groups in total. The summed E-state index contributed by atoms with van der Waals surface area (Å²) in [6, 6.07) is 3.05. The van der Waals surface area contributed by atoms with E-state index in [9.17, 15) is 4.39 Å². The molecule has 2 aromatic heterocycles. The highest BCUT2D eigenvalue weighted by Gasteiger charge is 1.99. The first-order chi connectivity index (χ1) is 6.84. The first-order valence-electron chi connectivity index (χ1n) is 3.93. The van der Waals surface area contributed by atoms with Gasteiger partial charge in [-0.05, 0) is 12.1 Å². The molecule has 0 aromatic carbocycles. The number of halogens is 1. The fraction of sp³-hybridized carbons (Fsp3) is 0.125. The summed E-state index contributed by atoms with van der Waals surface area (Å²) in [6.45, 7) is 0. The zero-order chi connectivity index (χ0) is 9.80. The van der Waals surface area contributed by atoms with E-state index in [1.165, 1.54) is 24.0 Å². The minimum Gasteiger partial charge on any atom is -0.257 e. The molecule has 0 radical (unpaired) electrons. The molecule has 0 unspecified atom stereocenters. The average molecular weight is 210 g/mol. The van der Waals surface area contributed by atoms with E-state index in [1.807, 2.05) is 0 Å². The smallest absolute Gasteiger partial charge is 0.141 e. The average Bonchev–Trinajstić information content (AvgIpc) is 2.70. The molecular weight excluding hydrogens is 203 g/mol. The second-order valence-electron chi connectivity index (χ2n) is 2.56. The lowest BCUT2D eigenvalue weighted by Gasteiger charge is -1.96. The monoisotopic (exact) mass is 210 g/mol. The van der Waals surface area contributed by atoms with Crippen LogP contribution in [0.3, 0.4) is 0 Å². The molecule has 2 heterocycles. The Morgan fingerprint density at radius 1 is 1.36 bits per heavy atom. The van der Waals surface area contributed by atoms with Gasteiger partial charge in [0.15, 0.2) is 0 Å². The molecule has 0 aliphatic heterocycles. The first-order valence-corrected chi connectivity index (χ1v) is 4.92. The molecule has 6 heteroatoms. The number of thioether (sulfide) groups is 1. The van der Waals surface area contributed by atoms with Crippen molar-refractivity contribution < 1.29 is 4.39 Å². The Morgan fingerprint density at radius 2 is 2.29 bits per heavy atom. The Hall–Kier alpha value is -1.43. The van der Waals surface area contributed by atoms with Gasteiger partial charge in [-0.15, -0.1) is 5.10 Å². The van der Waals surface area contributed by atoms with Crippen LogP contribution in [0.1, 0.15) is 5.69 Å². The van der Waals surface area contributed by atoms with Crippen molar-refractivity contribution in [2.24, 2.45) is 0 Å². The number of H-pyrrole nitrogens is 1. The maximum absolute atomic E-state index is 12.5. The van der Waals surface area contributed by atoms with Crippen molar-refractivity contribution in [1.82, 2.24) is 20.4 Å². The number of hydrogen-bond acceptors (Lipinski definition) is 4. The maximum atomic E-state index is 12.5. The fourth-order valence-electron chi connectivity index (χ4n) is 0.900. The van der Waals surface area contributed by atoms with E-state index in [1.54, 1.807) is 12.3 Å². The number of hydrogen-bond donors (Lipinski definition) is 1. The standard InChI is InChI=1S/C8H7FN4S/c9-6-1-2-7(10-3-6)5-14-8-4-11-13-12-8/h1-4H,5H2,(H,11,12,13). The van der Waals surface area contributed by atoms with Gasteiger partial charge in [0.1, 0.15) is 10.8 Å². The molecule has 0 atom stereocenters. The van der Waals surface area contributed by atoms with Crippen LogP contribution in [0.4, 0.5) is 4.39 Å². The van der Waals surface area contributed by atoms with Gasteiger partial charge in [-0.2, -0.15) is 10.3 Å². The highest BCUT2D eigenvalue weighted by Crippen LogP contribution is 2.17. The third kappa shape index (κ3) is 2.29. The fourth-order valence-corrected chi connectivity index (χ4v) is 1.60. The third-order valence-electron chi connectivity index (χ3n) is 1.55. The minimum absolute atomic E-state index is 0.319. The molecule has 0 amide bonds. The summed E-state index contributed by atoms with van der Waals surface area (Å²) in [5.41, 5.74) is 0.819. The molecule has 2 rings (SSSR count). The predicted octanol–water partition coefficient (Wildman–Crippen LogP) is 1.63.